The average Bonchev–Trinajstić information content (AvgIpc) is 3.27. The van der Waals surface area contributed by atoms with Crippen LogP contribution in [0, 0.1) is 17.8 Å². The van der Waals surface area contributed by atoms with Crippen LogP contribution >= 0.6 is 0 Å². The molecule has 1 heterocycles. The number of aliphatic hydroxyl groups is 3. The molecule has 1 aliphatic heterocycles. The smallest absolute Gasteiger partial charge is 0.391 e. The topological polar surface area (TPSA) is 87.0 Å². The van der Waals surface area contributed by atoms with E-state index in [-0.39, 0.29) is 31.5 Å². The number of carbonyl (C=O) groups is 1. The zero-order chi connectivity index (χ0) is 22.3. The minimum atomic E-state index is -4.12. The second-order valence-electron chi connectivity index (χ2n) is 8.76. The fraction of sp³-hybridized carbons (Fsp3) is 0.864. The lowest BCUT2D eigenvalue weighted by atomic mass is 9.85. The molecule has 5 atom stereocenters. The predicted octanol–water partition coefficient (Wildman–Crippen LogP) is 5.38. The summed E-state index contributed by atoms with van der Waals surface area (Å²) in [5.41, 5.74) is 0. The van der Waals surface area contributed by atoms with Gasteiger partial charge in [0.25, 0.3) is 0 Å². The van der Waals surface area contributed by atoms with Gasteiger partial charge in [-0.2, -0.15) is 13.2 Å². The number of fused-ring (bicyclic) bond motifs is 1. The first-order valence-electron chi connectivity index (χ1n) is 11.1. The molecule has 0 aromatic rings. The van der Waals surface area contributed by atoms with Gasteiger partial charge in [-0.05, 0) is 50.4 Å². The molecule has 0 spiro atoms. The quantitative estimate of drug-likeness (QED) is 0.282. The lowest BCUT2D eigenvalue weighted by Crippen LogP contribution is -2.23. The Bertz CT molecular complexity index is 590. The summed E-state index contributed by atoms with van der Waals surface area (Å²) >= 11 is 0. The van der Waals surface area contributed by atoms with Crippen molar-refractivity contribution in [1.29, 1.82) is 0 Å². The fourth-order valence-electron chi connectivity index (χ4n) is 4.97. The predicted molar refractivity (Wildman–Crippen MR) is 106 cm³/mol. The Morgan fingerprint density at radius 2 is 1.83 bits per heavy atom. The molecule has 8 heteroatoms. The summed E-state index contributed by atoms with van der Waals surface area (Å²) in [6, 6.07) is 0. The van der Waals surface area contributed by atoms with Gasteiger partial charge in [-0.3, -0.25) is 4.79 Å². The van der Waals surface area contributed by atoms with Crippen LogP contribution in [0.25, 0.3) is 0 Å². The molecule has 1 unspecified atom stereocenters. The van der Waals surface area contributed by atoms with Crippen LogP contribution in [0.1, 0.15) is 77.6 Å². The molecule has 3 N–H and O–H groups in total. The van der Waals surface area contributed by atoms with E-state index in [2.05, 4.69) is 0 Å². The van der Waals surface area contributed by atoms with Crippen molar-refractivity contribution in [3.63, 3.8) is 0 Å². The highest BCUT2D eigenvalue weighted by Crippen LogP contribution is 2.46. The fourth-order valence-corrected chi connectivity index (χ4v) is 4.97. The van der Waals surface area contributed by atoms with Crippen LogP contribution in [0.4, 0.5) is 13.2 Å². The number of Topliss-reactive ketones (excluding diaryl/α,β-unsaturated/α-hetero) is 1. The number of alkyl halides is 3. The van der Waals surface area contributed by atoms with E-state index >= 15 is 0 Å². The molecule has 0 aromatic carbocycles. The molecule has 30 heavy (non-hydrogen) atoms. The summed E-state index contributed by atoms with van der Waals surface area (Å²) < 4.78 is 45.6. The zero-order valence-electron chi connectivity index (χ0n) is 17.7. The van der Waals surface area contributed by atoms with Crippen LogP contribution < -0.4 is 0 Å². The largest absolute Gasteiger partial charge is 0.508 e. The number of hydrogen-bond acceptors (Lipinski definition) is 5. The molecule has 1 aliphatic carbocycles. The van der Waals surface area contributed by atoms with Gasteiger partial charge >= 0.3 is 6.18 Å². The van der Waals surface area contributed by atoms with Gasteiger partial charge < -0.3 is 20.1 Å². The van der Waals surface area contributed by atoms with Gasteiger partial charge in [0.15, 0.2) is 5.76 Å². The van der Waals surface area contributed by atoms with Crippen molar-refractivity contribution in [2.45, 2.75) is 95.9 Å². The third-order valence-electron chi connectivity index (χ3n) is 6.69. The molecule has 0 bridgehead atoms. The van der Waals surface area contributed by atoms with Crippen LogP contribution in [-0.4, -0.2) is 46.1 Å². The van der Waals surface area contributed by atoms with Crippen LogP contribution in [0.15, 0.2) is 11.5 Å². The molecule has 2 fully saturated rings. The highest BCUT2D eigenvalue weighted by Gasteiger charge is 2.44. The molecule has 2 rings (SSSR count). The monoisotopic (exact) mass is 436 g/mol. The van der Waals surface area contributed by atoms with Gasteiger partial charge in [-0.1, -0.05) is 32.6 Å². The van der Waals surface area contributed by atoms with Crippen molar-refractivity contribution in [3.8, 4) is 0 Å². The molecule has 0 amide bonds. The van der Waals surface area contributed by atoms with E-state index in [9.17, 15) is 28.2 Å². The van der Waals surface area contributed by atoms with E-state index in [4.69, 9.17) is 9.84 Å². The Hall–Kier alpha value is -1.28. The Morgan fingerprint density at radius 1 is 1.13 bits per heavy atom. The first kappa shape index (κ1) is 25.0. The summed E-state index contributed by atoms with van der Waals surface area (Å²) in [7, 11) is 0. The van der Waals surface area contributed by atoms with Crippen molar-refractivity contribution in [3.05, 3.63) is 11.5 Å². The molecule has 5 nitrogen and oxygen atoms in total. The number of aliphatic hydroxyl groups excluding tert-OH is 3. The molecule has 1 saturated carbocycles. The zero-order valence-corrected chi connectivity index (χ0v) is 17.7. The Morgan fingerprint density at radius 3 is 2.47 bits per heavy atom. The Balaban J connectivity index is 1.78. The van der Waals surface area contributed by atoms with E-state index in [0.29, 0.717) is 31.1 Å². The molecule has 0 radical (unpaired) electrons. The SMILES string of the molecule is CCCC[C@H](CCC[C@H]1CC[C@@H]2OC(CCC(O)=C(O)C(=O)CO)C[C@H]12)C(F)(F)F. The molecule has 2 aliphatic rings. The molecule has 0 aromatic heterocycles. The third-order valence-corrected chi connectivity index (χ3v) is 6.69. The maximum Gasteiger partial charge on any atom is 0.391 e. The second kappa shape index (κ2) is 11.4. The lowest BCUT2D eigenvalue weighted by Gasteiger charge is -2.22. The number of halogens is 3. The lowest BCUT2D eigenvalue weighted by molar-refractivity contribution is -0.178. The first-order valence-corrected chi connectivity index (χ1v) is 11.1. The summed E-state index contributed by atoms with van der Waals surface area (Å²) in [4.78, 5) is 11.2. The number of rotatable bonds is 12. The average molecular weight is 437 g/mol. The molecule has 174 valence electrons. The van der Waals surface area contributed by atoms with Gasteiger partial charge in [0.05, 0.1) is 18.1 Å². The van der Waals surface area contributed by atoms with Gasteiger partial charge in [0.1, 0.15) is 12.4 Å². The van der Waals surface area contributed by atoms with E-state index in [1.54, 1.807) is 0 Å². The van der Waals surface area contributed by atoms with Crippen LogP contribution in [0.5, 0.6) is 0 Å². The second-order valence-corrected chi connectivity index (χ2v) is 8.76. The van der Waals surface area contributed by atoms with Crippen molar-refractivity contribution in [2.75, 3.05) is 6.61 Å². The van der Waals surface area contributed by atoms with Crippen LogP contribution in [0.2, 0.25) is 0 Å². The summed E-state index contributed by atoms with van der Waals surface area (Å²) in [6.07, 6.45) is 2.23. The number of carbonyl (C=O) groups excluding carboxylic acids is 1. The van der Waals surface area contributed by atoms with Crippen LogP contribution in [-0.2, 0) is 9.53 Å². The van der Waals surface area contributed by atoms with Crippen molar-refractivity contribution in [2.24, 2.45) is 17.8 Å². The first-order chi connectivity index (χ1) is 14.2. The van der Waals surface area contributed by atoms with Gasteiger partial charge in [0, 0.05) is 6.42 Å². The number of ether oxygens (including phenoxy) is 1. The Kier molecular flexibility index (Phi) is 9.47. The van der Waals surface area contributed by atoms with Crippen LogP contribution in [0.3, 0.4) is 0 Å². The maximum atomic E-state index is 13.2. The molecular weight excluding hydrogens is 401 g/mol. The van der Waals surface area contributed by atoms with E-state index < -0.39 is 36.0 Å². The normalized spacial score (nSPS) is 28.3. The summed E-state index contributed by atoms with van der Waals surface area (Å²) in [6.45, 7) is 1.04. The van der Waals surface area contributed by atoms with Gasteiger partial charge in [-0.25, -0.2) is 0 Å². The number of unbranched alkanes of at least 4 members (excludes halogenated alkanes) is 1. The highest BCUT2D eigenvalue weighted by atomic mass is 19.4. The maximum absolute atomic E-state index is 13.2. The van der Waals surface area contributed by atoms with Crippen molar-refractivity contribution >= 4 is 5.78 Å². The van der Waals surface area contributed by atoms with E-state index in [0.717, 1.165) is 32.1 Å². The highest BCUT2D eigenvalue weighted by molar-refractivity contribution is 5.94. The van der Waals surface area contributed by atoms with E-state index in [1.165, 1.54) is 0 Å². The van der Waals surface area contributed by atoms with Crippen molar-refractivity contribution in [1.82, 2.24) is 0 Å². The Labute approximate surface area is 176 Å². The number of hydrogen-bond donors (Lipinski definition) is 3. The minimum Gasteiger partial charge on any atom is -0.508 e. The van der Waals surface area contributed by atoms with Gasteiger partial charge in [0.2, 0.25) is 5.78 Å². The molecular formula is C22H35F3O5. The van der Waals surface area contributed by atoms with Gasteiger partial charge in [-0.15, -0.1) is 0 Å². The minimum absolute atomic E-state index is 0.0804. The molecule has 1 saturated heterocycles. The third kappa shape index (κ3) is 6.87. The van der Waals surface area contributed by atoms with E-state index in [1.807, 2.05) is 6.92 Å². The van der Waals surface area contributed by atoms with Crippen molar-refractivity contribution < 1.29 is 38.0 Å². The summed E-state index contributed by atoms with van der Waals surface area (Å²) in [5, 5.41) is 28.0. The number of ketones is 1. The number of allylic oxidation sites excluding steroid dienone is 1. The summed E-state index contributed by atoms with van der Waals surface area (Å²) in [5.74, 6) is -2.69. The standard InChI is InChI=1S/C22H35F3O5/c1-2-3-6-15(22(23,24)25)7-4-5-14-8-11-20-17(14)12-16(30-20)9-10-18(27)21(29)19(28)13-26/h14-17,20,26-27,29H,2-13H2,1H3/t14-,15+,16?,17+,20-/m0/s1.